The van der Waals surface area contributed by atoms with Crippen LogP contribution in [-0.4, -0.2) is 40.0 Å². The van der Waals surface area contributed by atoms with Crippen molar-refractivity contribution in [2.24, 2.45) is 0 Å². The van der Waals surface area contributed by atoms with Crippen molar-refractivity contribution in [3.63, 3.8) is 0 Å². The molecule has 3 aromatic heterocycles. The zero-order valence-corrected chi connectivity index (χ0v) is 16.5. The molecule has 1 amide bonds. The second-order valence-electron chi connectivity index (χ2n) is 7.16. The van der Waals surface area contributed by atoms with Gasteiger partial charge in [0.15, 0.2) is 0 Å². The maximum atomic E-state index is 12.8. The van der Waals surface area contributed by atoms with Crippen LogP contribution >= 0.6 is 0 Å². The number of hydrogen-bond acceptors (Lipinski definition) is 6. The quantitative estimate of drug-likeness (QED) is 0.559. The molecule has 7 nitrogen and oxygen atoms in total. The number of rotatable bonds is 5. The van der Waals surface area contributed by atoms with Crippen molar-refractivity contribution < 1.29 is 9.32 Å². The Labute approximate surface area is 168 Å². The van der Waals surface area contributed by atoms with Crippen LogP contribution in [0.4, 0.5) is 5.82 Å². The van der Waals surface area contributed by atoms with Gasteiger partial charge >= 0.3 is 0 Å². The summed E-state index contributed by atoms with van der Waals surface area (Å²) in [6.07, 6.45) is 3.17. The Bertz CT molecular complexity index is 1180. The van der Waals surface area contributed by atoms with Crippen molar-refractivity contribution in [2.45, 2.75) is 13.5 Å². The van der Waals surface area contributed by atoms with Gasteiger partial charge in [-0.3, -0.25) is 4.79 Å². The van der Waals surface area contributed by atoms with E-state index in [-0.39, 0.29) is 5.91 Å². The molecule has 0 aliphatic heterocycles. The molecule has 0 unspecified atom stereocenters. The van der Waals surface area contributed by atoms with Crippen LogP contribution in [0.3, 0.4) is 0 Å². The van der Waals surface area contributed by atoms with Crippen LogP contribution in [0, 0.1) is 6.92 Å². The number of anilines is 1. The molecule has 1 N–H and O–H groups in total. The Hall–Kier alpha value is -3.58. The number of aromatic nitrogens is 3. The van der Waals surface area contributed by atoms with Gasteiger partial charge in [0.05, 0.1) is 10.9 Å². The van der Waals surface area contributed by atoms with E-state index in [9.17, 15) is 4.79 Å². The average molecular weight is 387 g/mol. The Morgan fingerprint density at radius 2 is 1.97 bits per heavy atom. The van der Waals surface area contributed by atoms with E-state index in [0.717, 1.165) is 23.2 Å². The first-order valence-corrected chi connectivity index (χ1v) is 9.23. The summed E-state index contributed by atoms with van der Waals surface area (Å²) in [5.74, 6) is 0.213. The number of fused-ring (bicyclic) bond motifs is 1. The Balaban J connectivity index is 1.64. The molecule has 7 heteroatoms. The minimum absolute atomic E-state index is 0.286. The standard InChI is InChI=1S/C22H21N5O2/c1-14-6-4-5-7-17(14)20-18-11-16(12-24-22(18)29-26-20)21(28)25-19-10-15(8-9-23-19)13-27(2)3/h4-12H,13H2,1-3H3,(H,23,25,28). The van der Waals surface area contributed by atoms with Crippen molar-refractivity contribution >= 4 is 22.8 Å². The summed E-state index contributed by atoms with van der Waals surface area (Å²) in [4.78, 5) is 23.3. The van der Waals surface area contributed by atoms with E-state index in [1.165, 1.54) is 6.20 Å². The third-order valence-corrected chi connectivity index (χ3v) is 4.56. The highest BCUT2D eigenvalue weighted by Crippen LogP contribution is 2.29. The van der Waals surface area contributed by atoms with Crippen LogP contribution in [-0.2, 0) is 6.54 Å². The largest absolute Gasteiger partial charge is 0.335 e. The van der Waals surface area contributed by atoms with Gasteiger partial charge in [-0.2, -0.15) is 0 Å². The van der Waals surface area contributed by atoms with Gasteiger partial charge in [-0.1, -0.05) is 29.4 Å². The Morgan fingerprint density at radius 3 is 2.76 bits per heavy atom. The maximum Gasteiger partial charge on any atom is 0.258 e. The van der Waals surface area contributed by atoms with Gasteiger partial charge < -0.3 is 14.7 Å². The highest BCUT2D eigenvalue weighted by Gasteiger charge is 2.16. The van der Waals surface area contributed by atoms with Gasteiger partial charge in [-0.15, -0.1) is 0 Å². The highest BCUT2D eigenvalue weighted by molar-refractivity contribution is 6.06. The summed E-state index contributed by atoms with van der Waals surface area (Å²) in [6.45, 7) is 2.77. The molecule has 0 aliphatic rings. The minimum Gasteiger partial charge on any atom is -0.335 e. The van der Waals surface area contributed by atoms with Crippen LogP contribution in [0.25, 0.3) is 22.4 Å². The zero-order chi connectivity index (χ0) is 20.4. The lowest BCUT2D eigenvalue weighted by Crippen LogP contribution is -2.14. The number of benzene rings is 1. The van der Waals surface area contributed by atoms with E-state index < -0.39 is 0 Å². The smallest absolute Gasteiger partial charge is 0.258 e. The van der Waals surface area contributed by atoms with Gasteiger partial charge in [0.2, 0.25) is 0 Å². The molecule has 0 radical (unpaired) electrons. The average Bonchev–Trinajstić information content (AvgIpc) is 3.11. The Morgan fingerprint density at radius 1 is 1.14 bits per heavy atom. The molecule has 146 valence electrons. The molecule has 0 spiro atoms. The molecule has 29 heavy (non-hydrogen) atoms. The molecule has 4 rings (SSSR count). The normalized spacial score (nSPS) is 11.2. The van der Waals surface area contributed by atoms with Crippen molar-refractivity contribution in [3.8, 4) is 11.3 Å². The maximum absolute atomic E-state index is 12.8. The fourth-order valence-corrected chi connectivity index (χ4v) is 3.18. The number of nitrogens with zero attached hydrogens (tertiary/aromatic N) is 4. The lowest BCUT2D eigenvalue weighted by molar-refractivity contribution is 0.102. The zero-order valence-electron chi connectivity index (χ0n) is 16.5. The van der Waals surface area contributed by atoms with Gasteiger partial charge in [-0.25, -0.2) is 9.97 Å². The first kappa shape index (κ1) is 18.8. The summed E-state index contributed by atoms with van der Waals surface area (Å²) in [7, 11) is 3.98. The molecule has 4 aromatic rings. The predicted octanol–water partition coefficient (Wildman–Crippen LogP) is 3.91. The van der Waals surface area contributed by atoms with Crippen molar-refractivity contribution in [1.29, 1.82) is 0 Å². The molecule has 0 fully saturated rings. The minimum atomic E-state index is -0.286. The molecule has 0 atom stereocenters. The molecule has 1 aromatic carbocycles. The summed E-state index contributed by atoms with van der Waals surface area (Å²) in [6, 6.07) is 13.4. The second-order valence-corrected chi connectivity index (χ2v) is 7.16. The summed E-state index contributed by atoms with van der Waals surface area (Å²) in [5, 5.41) is 7.70. The summed E-state index contributed by atoms with van der Waals surface area (Å²) >= 11 is 0. The van der Waals surface area contributed by atoms with E-state index >= 15 is 0 Å². The molecular weight excluding hydrogens is 366 g/mol. The summed E-state index contributed by atoms with van der Waals surface area (Å²) in [5.41, 5.74) is 4.56. The van der Waals surface area contributed by atoms with E-state index in [0.29, 0.717) is 28.2 Å². The van der Waals surface area contributed by atoms with E-state index in [1.807, 2.05) is 57.4 Å². The van der Waals surface area contributed by atoms with Crippen molar-refractivity contribution in [2.75, 3.05) is 19.4 Å². The molecule has 0 saturated heterocycles. The lowest BCUT2D eigenvalue weighted by Gasteiger charge is -2.11. The number of nitrogens with one attached hydrogen (secondary N) is 1. The fourth-order valence-electron chi connectivity index (χ4n) is 3.18. The van der Waals surface area contributed by atoms with Gasteiger partial charge in [0, 0.05) is 24.5 Å². The molecular formula is C22H21N5O2. The van der Waals surface area contributed by atoms with Crippen LogP contribution < -0.4 is 5.32 Å². The topological polar surface area (TPSA) is 84.1 Å². The number of pyridine rings is 2. The van der Waals surface area contributed by atoms with E-state index in [1.54, 1.807) is 12.3 Å². The van der Waals surface area contributed by atoms with E-state index in [4.69, 9.17) is 4.52 Å². The second kappa shape index (κ2) is 7.81. The molecule has 0 saturated carbocycles. The van der Waals surface area contributed by atoms with Crippen LogP contribution in [0.2, 0.25) is 0 Å². The molecule has 0 bridgehead atoms. The third kappa shape index (κ3) is 4.00. The Kier molecular flexibility index (Phi) is 5.05. The number of carbonyl (C=O) groups is 1. The molecule has 0 aliphatic carbocycles. The fraction of sp³-hybridized carbons (Fsp3) is 0.182. The third-order valence-electron chi connectivity index (χ3n) is 4.56. The first-order valence-electron chi connectivity index (χ1n) is 9.23. The lowest BCUT2D eigenvalue weighted by atomic mass is 10.0. The highest BCUT2D eigenvalue weighted by atomic mass is 16.5. The van der Waals surface area contributed by atoms with Crippen molar-refractivity contribution in [1.82, 2.24) is 20.0 Å². The monoisotopic (exact) mass is 387 g/mol. The molecule has 3 heterocycles. The first-order chi connectivity index (χ1) is 14.0. The van der Waals surface area contributed by atoms with Crippen LogP contribution in [0.5, 0.6) is 0 Å². The van der Waals surface area contributed by atoms with Gasteiger partial charge in [0.1, 0.15) is 11.5 Å². The number of amides is 1. The number of aryl methyl sites for hydroxylation is 1. The van der Waals surface area contributed by atoms with E-state index in [2.05, 4.69) is 25.3 Å². The van der Waals surface area contributed by atoms with Gasteiger partial charge in [-0.05, 0) is 50.3 Å². The summed E-state index contributed by atoms with van der Waals surface area (Å²) < 4.78 is 5.35. The predicted molar refractivity (Wildman–Crippen MR) is 112 cm³/mol. The van der Waals surface area contributed by atoms with Crippen molar-refractivity contribution in [3.05, 3.63) is 71.5 Å². The number of hydrogen-bond donors (Lipinski definition) is 1. The van der Waals surface area contributed by atoms with Crippen LogP contribution in [0.15, 0.2) is 59.4 Å². The SMILES string of the molecule is Cc1ccccc1-c1noc2ncc(C(=O)Nc3cc(CN(C)C)ccn3)cc12. The number of carbonyl (C=O) groups excluding carboxylic acids is 1. The van der Waals surface area contributed by atoms with Crippen LogP contribution in [0.1, 0.15) is 21.5 Å². The van der Waals surface area contributed by atoms with Gasteiger partial charge in [0.25, 0.3) is 11.6 Å².